The maximum Gasteiger partial charge on any atom is 0.254 e. The zero-order valence-corrected chi connectivity index (χ0v) is 13.6. The molecule has 2 rings (SSSR count). The molecule has 0 unspecified atom stereocenters. The molecule has 0 saturated carbocycles. The van der Waals surface area contributed by atoms with Crippen LogP contribution in [0.2, 0.25) is 4.47 Å². The standard InChI is InChI=1S/C11H18ClN3O2S2/c1-8-10(18-11(12)13-8)19(16,17)15(3)9-4-6-14(2)7-5-9/h9H,4-7H2,1-3H3. The van der Waals surface area contributed by atoms with Crippen LogP contribution in [0.5, 0.6) is 0 Å². The monoisotopic (exact) mass is 323 g/mol. The van der Waals surface area contributed by atoms with E-state index in [1.165, 1.54) is 4.31 Å². The molecule has 0 radical (unpaired) electrons. The second kappa shape index (κ2) is 5.65. The van der Waals surface area contributed by atoms with Crippen molar-refractivity contribution >= 4 is 33.0 Å². The molecule has 108 valence electrons. The van der Waals surface area contributed by atoms with Gasteiger partial charge < -0.3 is 4.90 Å². The number of nitrogens with zero attached hydrogens (tertiary/aromatic N) is 3. The first-order valence-corrected chi connectivity index (χ1v) is 8.75. The Morgan fingerprint density at radius 3 is 2.47 bits per heavy atom. The van der Waals surface area contributed by atoms with Gasteiger partial charge in [-0.1, -0.05) is 22.9 Å². The minimum absolute atomic E-state index is 0.0569. The van der Waals surface area contributed by atoms with E-state index in [9.17, 15) is 8.42 Å². The number of hydrogen-bond acceptors (Lipinski definition) is 5. The van der Waals surface area contributed by atoms with Gasteiger partial charge in [-0.3, -0.25) is 0 Å². The van der Waals surface area contributed by atoms with Crippen LogP contribution in [0.3, 0.4) is 0 Å². The lowest BCUT2D eigenvalue weighted by Gasteiger charge is -2.34. The summed E-state index contributed by atoms with van der Waals surface area (Å²) in [5, 5.41) is 0. The number of hydrogen-bond donors (Lipinski definition) is 0. The minimum Gasteiger partial charge on any atom is -0.306 e. The third-order valence-electron chi connectivity index (χ3n) is 3.54. The van der Waals surface area contributed by atoms with Gasteiger partial charge in [0, 0.05) is 13.1 Å². The van der Waals surface area contributed by atoms with Crippen LogP contribution in [0, 0.1) is 6.92 Å². The Hall–Kier alpha value is -0.210. The second-order valence-corrected chi connectivity index (χ2v) is 8.67. The minimum atomic E-state index is -3.48. The summed E-state index contributed by atoms with van der Waals surface area (Å²) in [6.45, 7) is 3.53. The Morgan fingerprint density at radius 1 is 1.42 bits per heavy atom. The number of aromatic nitrogens is 1. The fourth-order valence-electron chi connectivity index (χ4n) is 2.28. The van der Waals surface area contributed by atoms with E-state index >= 15 is 0 Å². The number of rotatable bonds is 3. The van der Waals surface area contributed by atoms with Crippen molar-refractivity contribution in [2.45, 2.75) is 30.0 Å². The van der Waals surface area contributed by atoms with Gasteiger partial charge in [0.1, 0.15) is 0 Å². The van der Waals surface area contributed by atoms with Crippen LogP contribution >= 0.6 is 22.9 Å². The van der Waals surface area contributed by atoms with Gasteiger partial charge in [0.15, 0.2) is 8.68 Å². The highest BCUT2D eigenvalue weighted by molar-refractivity contribution is 7.91. The zero-order valence-electron chi connectivity index (χ0n) is 11.3. The largest absolute Gasteiger partial charge is 0.306 e. The van der Waals surface area contributed by atoms with Gasteiger partial charge in [-0.2, -0.15) is 4.31 Å². The molecule has 1 aromatic heterocycles. The highest BCUT2D eigenvalue weighted by Crippen LogP contribution is 2.31. The maximum absolute atomic E-state index is 12.6. The normalized spacial score (nSPS) is 19.2. The number of likely N-dealkylation sites (tertiary alicyclic amines) is 1. The van der Waals surface area contributed by atoms with E-state index in [1.807, 2.05) is 0 Å². The Bertz CT molecular complexity index is 550. The molecule has 1 aliphatic heterocycles. The highest BCUT2D eigenvalue weighted by Gasteiger charge is 2.32. The van der Waals surface area contributed by atoms with Crippen molar-refractivity contribution in [3.63, 3.8) is 0 Å². The predicted molar refractivity (Wildman–Crippen MR) is 77.3 cm³/mol. The van der Waals surface area contributed by atoms with Crippen LogP contribution in [0.15, 0.2) is 4.21 Å². The van der Waals surface area contributed by atoms with Gasteiger partial charge in [0.2, 0.25) is 0 Å². The van der Waals surface area contributed by atoms with Crippen LogP contribution in [-0.4, -0.2) is 55.8 Å². The van der Waals surface area contributed by atoms with Crippen LogP contribution in [0.1, 0.15) is 18.5 Å². The Balaban J connectivity index is 2.22. The third-order valence-corrected chi connectivity index (χ3v) is 7.30. The average Bonchev–Trinajstić information content (AvgIpc) is 2.69. The van der Waals surface area contributed by atoms with E-state index < -0.39 is 10.0 Å². The number of thiazole rings is 1. The average molecular weight is 324 g/mol. The highest BCUT2D eigenvalue weighted by atomic mass is 35.5. The summed E-state index contributed by atoms with van der Waals surface area (Å²) < 4.78 is 27.2. The molecule has 2 heterocycles. The van der Waals surface area contributed by atoms with Crippen molar-refractivity contribution in [2.75, 3.05) is 27.2 Å². The Kier molecular flexibility index (Phi) is 4.52. The van der Waals surface area contributed by atoms with E-state index in [4.69, 9.17) is 11.6 Å². The Morgan fingerprint density at radius 2 is 2.00 bits per heavy atom. The number of sulfonamides is 1. The summed E-state index contributed by atoms with van der Waals surface area (Å²) in [6, 6.07) is 0.0569. The summed E-state index contributed by atoms with van der Waals surface area (Å²) >= 11 is 6.83. The van der Waals surface area contributed by atoms with Gasteiger partial charge in [0.05, 0.1) is 5.69 Å². The zero-order chi connectivity index (χ0) is 14.2. The first-order valence-electron chi connectivity index (χ1n) is 6.12. The summed E-state index contributed by atoms with van der Waals surface area (Å²) in [5.74, 6) is 0. The molecule has 0 atom stereocenters. The number of piperidine rings is 1. The smallest absolute Gasteiger partial charge is 0.254 e. The molecule has 0 spiro atoms. The van der Waals surface area contributed by atoms with Gasteiger partial charge in [-0.25, -0.2) is 13.4 Å². The molecule has 5 nitrogen and oxygen atoms in total. The topological polar surface area (TPSA) is 53.5 Å². The van der Waals surface area contributed by atoms with Crippen LogP contribution in [0.25, 0.3) is 0 Å². The van der Waals surface area contributed by atoms with E-state index in [0.29, 0.717) is 5.69 Å². The quantitative estimate of drug-likeness (QED) is 0.851. The van der Waals surface area contributed by atoms with E-state index in [1.54, 1.807) is 14.0 Å². The molecule has 1 fully saturated rings. The van der Waals surface area contributed by atoms with E-state index in [2.05, 4.69) is 16.9 Å². The molecule has 19 heavy (non-hydrogen) atoms. The van der Waals surface area contributed by atoms with Crippen molar-refractivity contribution in [2.24, 2.45) is 0 Å². The first-order chi connectivity index (χ1) is 8.82. The fraction of sp³-hybridized carbons (Fsp3) is 0.727. The third kappa shape index (κ3) is 3.11. The molecule has 1 saturated heterocycles. The van der Waals surface area contributed by atoms with E-state index in [-0.39, 0.29) is 14.7 Å². The van der Waals surface area contributed by atoms with Crippen molar-refractivity contribution in [3.8, 4) is 0 Å². The van der Waals surface area contributed by atoms with Gasteiger partial charge in [-0.05, 0) is 39.9 Å². The van der Waals surface area contributed by atoms with Crippen LogP contribution in [0.4, 0.5) is 0 Å². The number of aryl methyl sites for hydroxylation is 1. The van der Waals surface area contributed by atoms with Crippen LogP contribution < -0.4 is 0 Å². The molecule has 0 aromatic carbocycles. The number of halogens is 1. The van der Waals surface area contributed by atoms with Gasteiger partial charge in [0.25, 0.3) is 10.0 Å². The molecule has 0 amide bonds. The SMILES string of the molecule is Cc1nc(Cl)sc1S(=O)(=O)N(C)C1CCN(C)CC1. The van der Waals surface area contributed by atoms with E-state index in [0.717, 1.165) is 37.3 Å². The molecule has 1 aromatic rings. The predicted octanol–water partition coefficient (Wildman–Crippen LogP) is 1.82. The summed E-state index contributed by atoms with van der Waals surface area (Å²) in [6.07, 6.45) is 1.72. The molecular weight excluding hydrogens is 306 g/mol. The fourth-order valence-corrected chi connectivity index (χ4v) is 5.59. The summed E-state index contributed by atoms with van der Waals surface area (Å²) in [7, 11) is 0.225. The molecule has 0 bridgehead atoms. The molecular formula is C11H18ClN3O2S2. The molecule has 0 N–H and O–H groups in total. The molecule has 8 heteroatoms. The Labute approximate surface area is 123 Å². The van der Waals surface area contributed by atoms with Crippen molar-refractivity contribution in [3.05, 3.63) is 10.2 Å². The second-order valence-electron chi connectivity index (χ2n) is 4.90. The van der Waals surface area contributed by atoms with Crippen LogP contribution in [-0.2, 0) is 10.0 Å². The van der Waals surface area contributed by atoms with Gasteiger partial charge >= 0.3 is 0 Å². The lowest BCUT2D eigenvalue weighted by atomic mass is 10.1. The van der Waals surface area contributed by atoms with Crippen molar-refractivity contribution in [1.82, 2.24) is 14.2 Å². The summed E-state index contributed by atoms with van der Waals surface area (Å²) in [5.41, 5.74) is 0.481. The maximum atomic E-state index is 12.6. The summed E-state index contributed by atoms with van der Waals surface area (Å²) in [4.78, 5) is 6.20. The lowest BCUT2D eigenvalue weighted by Crippen LogP contribution is -2.44. The van der Waals surface area contributed by atoms with Crippen molar-refractivity contribution < 1.29 is 8.42 Å². The lowest BCUT2D eigenvalue weighted by molar-refractivity contribution is 0.198. The van der Waals surface area contributed by atoms with Crippen molar-refractivity contribution in [1.29, 1.82) is 0 Å². The molecule has 1 aliphatic rings. The van der Waals surface area contributed by atoms with Gasteiger partial charge in [-0.15, -0.1) is 0 Å². The first kappa shape index (κ1) is 15.2. The molecule has 0 aliphatic carbocycles.